The Bertz CT molecular complexity index is 751. The lowest BCUT2D eigenvalue weighted by Crippen LogP contribution is -2.54. The molecule has 1 aromatic heterocycles. The van der Waals surface area contributed by atoms with E-state index in [4.69, 9.17) is 0 Å². The van der Waals surface area contributed by atoms with Crippen LogP contribution in [0.5, 0.6) is 0 Å². The first kappa shape index (κ1) is 14.8. The Morgan fingerprint density at radius 3 is 3.00 bits per heavy atom. The first-order chi connectivity index (χ1) is 11.1. The van der Waals surface area contributed by atoms with Gasteiger partial charge in [0.1, 0.15) is 0 Å². The molecular weight excluding hydrogens is 288 g/mol. The Morgan fingerprint density at radius 1 is 1.26 bits per heavy atom. The molecule has 1 aromatic carbocycles. The van der Waals surface area contributed by atoms with Crippen LogP contribution < -0.4 is 0 Å². The van der Waals surface area contributed by atoms with Crippen LogP contribution in [-0.4, -0.2) is 39.2 Å². The van der Waals surface area contributed by atoms with Crippen LogP contribution in [0.3, 0.4) is 0 Å². The molecule has 4 nitrogen and oxygen atoms in total. The summed E-state index contributed by atoms with van der Waals surface area (Å²) >= 11 is 0. The molecule has 2 atom stereocenters. The fraction of sp³-hybridized carbons (Fsp3) is 0.526. The van der Waals surface area contributed by atoms with Crippen LogP contribution in [0.15, 0.2) is 30.5 Å². The minimum Gasteiger partial charge on any atom is -0.389 e. The molecule has 1 saturated carbocycles. The molecule has 1 amide bonds. The third-order valence-corrected chi connectivity index (χ3v) is 5.85. The summed E-state index contributed by atoms with van der Waals surface area (Å²) in [7, 11) is 2.01. The lowest BCUT2D eigenvalue weighted by atomic mass is 9.71. The third kappa shape index (κ3) is 2.45. The van der Waals surface area contributed by atoms with Crippen molar-refractivity contribution in [3.05, 3.63) is 36.0 Å². The highest BCUT2D eigenvalue weighted by molar-refractivity contribution is 5.98. The molecule has 2 aliphatic rings. The van der Waals surface area contributed by atoms with E-state index in [-0.39, 0.29) is 11.8 Å². The number of aliphatic hydroxyl groups is 1. The van der Waals surface area contributed by atoms with Gasteiger partial charge in [0, 0.05) is 48.7 Å². The molecule has 23 heavy (non-hydrogen) atoms. The van der Waals surface area contributed by atoms with Crippen molar-refractivity contribution in [2.75, 3.05) is 13.1 Å². The fourth-order valence-corrected chi connectivity index (χ4v) is 4.35. The number of aryl methyl sites for hydroxylation is 1. The normalized spacial score (nSPS) is 27.9. The number of hydrogen-bond acceptors (Lipinski definition) is 2. The predicted octanol–water partition coefficient (Wildman–Crippen LogP) is 2.95. The van der Waals surface area contributed by atoms with E-state index in [2.05, 4.69) is 4.57 Å². The summed E-state index contributed by atoms with van der Waals surface area (Å²) in [5, 5.41) is 11.9. The maximum atomic E-state index is 12.9. The van der Waals surface area contributed by atoms with Crippen molar-refractivity contribution in [1.29, 1.82) is 0 Å². The number of carbonyl (C=O) groups excluding carboxylic acids is 1. The average molecular weight is 312 g/mol. The number of piperidine rings is 1. The van der Waals surface area contributed by atoms with Crippen LogP contribution in [0.4, 0.5) is 0 Å². The van der Waals surface area contributed by atoms with E-state index in [1.54, 1.807) is 0 Å². The van der Waals surface area contributed by atoms with Crippen LogP contribution >= 0.6 is 0 Å². The summed E-state index contributed by atoms with van der Waals surface area (Å²) < 4.78 is 2.06. The minimum absolute atomic E-state index is 0.100. The van der Waals surface area contributed by atoms with Gasteiger partial charge in [-0.1, -0.05) is 12.8 Å². The zero-order valence-electron chi connectivity index (χ0n) is 13.7. The highest BCUT2D eigenvalue weighted by Gasteiger charge is 2.43. The van der Waals surface area contributed by atoms with Crippen LogP contribution in [0, 0.1) is 5.92 Å². The molecule has 1 N–H and O–H groups in total. The number of hydrogen-bond donors (Lipinski definition) is 1. The molecule has 2 unspecified atom stereocenters. The van der Waals surface area contributed by atoms with E-state index in [9.17, 15) is 9.90 Å². The molecule has 2 heterocycles. The number of carbonyl (C=O) groups is 1. The summed E-state index contributed by atoms with van der Waals surface area (Å²) in [6.45, 7) is 1.36. The van der Waals surface area contributed by atoms with Crippen molar-refractivity contribution in [2.24, 2.45) is 13.0 Å². The van der Waals surface area contributed by atoms with Gasteiger partial charge in [0.05, 0.1) is 5.60 Å². The van der Waals surface area contributed by atoms with Gasteiger partial charge < -0.3 is 14.6 Å². The number of rotatable bonds is 1. The number of likely N-dealkylation sites (tertiary alicyclic amines) is 1. The van der Waals surface area contributed by atoms with Crippen molar-refractivity contribution < 1.29 is 9.90 Å². The first-order valence-corrected chi connectivity index (χ1v) is 8.64. The van der Waals surface area contributed by atoms with E-state index >= 15 is 0 Å². The smallest absolute Gasteiger partial charge is 0.253 e. The third-order valence-electron chi connectivity index (χ3n) is 5.85. The van der Waals surface area contributed by atoms with Crippen molar-refractivity contribution in [3.8, 4) is 0 Å². The van der Waals surface area contributed by atoms with Crippen LogP contribution in [0.1, 0.15) is 42.5 Å². The van der Waals surface area contributed by atoms with Gasteiger partial charge in [-0.05, 0) is 43.5 Å². The molecule has 1 aliphatic carbocycles. The summed E-state index contributed by atoms with van der Waals surface area (Å²) in [6.07, 6.45) is 6.96. The molecule has 2 fully saturated rings. The SMILES string of the molecule is Cn1ccc2cc(C(=O)N3CCC4(O)CCCCC4C3)ccc21. The maximum absolute atomic E-state index is 12.9. The topological polar surface area (TPSA) is 45.5 Å². The van der Waals surface area contributed by atoms with Crippen molar-refractivity contribution in [2.45, 2.75) is 37.7 Å². The van der Waals surface area contributed by atoms with Gasteiger partial charge in [-0.3, -0.25) is 4.79 Å². The predicted molar refractivity (Wildman–Crippen MR) is 90.3 cm³/mol. The highest BCUT2D eigenvalue weighted by atomic mass is 16.3. The number of nitrogens with zero attached hydrogens (tertiary/aromatic N) is 2. The van der Waals surface area contributed by atoms with Crippen LogP contribution in [-0.2, 0) is 7.05 Å². The number of amides is 1. The van der Waals surface area contributed by atoms with Gasteiger partial charge >= 0.3 is 0 Å². The standard InChI is InChI=1S/C19H24N2O2/c1-20-10-7-14-12-15(5-6-17(14)20)18(22)21-11-9-19(23)8-3-2-4-16(19)13-21/h5-7,10,12,16,23H,2-4,8-9,11,13H2,1H3. The Balaban J connectivity index is 1.56. The molecular formula is C19H24N2O2. The van der Waals surface area contributed by atoms with E-state index in [0.717, 1.165) is 42.1 Å². The minimum atomic E-state index is -0.529. The number of aromatic nitrogens is 1. The Hall–Kier alpha value is -1.81. The van der Waals surface area contributed by atoms with Gasteiger partial charge in [-0.25, -0.2) is 0 Å². The van der Waals surface area contributed by atoms with Crippen molar-refractivity contribution >= 4 is 16.8 Å². The maximum Gasteiger partial charge on any atom is 0.253 e. The van der Waals surface area contributed by atoms with Gasteiger partial charge in [-0.2, -0.15) is 0 Å². The quantitative estimate of drug-likeness (QED) is 0.880. The molecule has 122 valence electrons. The van der Waals surface area contributed by atoms with E-state index in [1.165, 1.54) is 6.42 Å². The lowest BCUT2D eigenvalue weighted by Gasteiger charge is -2.47. The number of fused-ring (bicyclic) bond motifs is 2. The van der Waals surface area contributed by atoms with Gasteiger partial charge in [0.25, 0.3) is 5.91 Å². The largest absolute Gasteiger partial charge is 0.389 e. The Labute approximate surface area is 136 Å². The summed E-state index contributed by atoms with van der Waals surface area (Å²) in [5.41, 5.74) is 1.37. The molecule has 4 rings (SSSR count). The lowest BCUT2D eigenvalue weighted by molar-refractivity contribution is -0.0886. The van der Waals surface area contributed by atoms with E-state index < -0.39 is 5.60 Å². The zero-order valence-corrected chi connectivity index (χ0v) is 13.7. The number of benzene rings is 1. The molecule has 0 bridgehead atoms. The van der Waals surface area contributed by atoms with E-state index in [0.29, 0.717) is 13.1 Å². The molecule has 0 radical (unpaired) electrons. The molecule has 4 heteroatoms. The zero-order chi connectivity index (χ0) is 16.0. The fourth-order valence-electron chi connectivity index (χ4n) is 4.35. The second kappa shape index (κ2) is 5.38. The Morgan fingerprint density at radius 2 is 2.13 bits per heavy atom. The molecule has 1 aliphatic heterocycles. The van der Waals surface area contributed by atoms with Crippen molar-refractivity contribution in [3.63, 3.8) is 0 Å². The van der Waals surface area contributed by atoms with Gasteiger partial charge in [-0.15, -0.1) is 0 Å². The first-order valence-electron chi connectivity index (χ1n) is 8.64. The highest BCUT2D eigenvalue weighted by Crippen LogP contribution is 2.40. The van der Waals surface area contributed by atoms with Crippen LogP contribution in [0.25, 0.3) is 10.9 Å². The molecule has 1 saturated heterocycles. The summed E-state index contributed by atoms with van der Waals surface area (Å²) in [6, 6.07) is 7.97. The van der Waals surface area contributed by atoms with Crippen molar-refractivity contribution in [1.82, 2.24) is 9.47 Å². The van der Waals surface area contributed by atoms with E-state index in [1.807, 2.05) is 42.4 Å². The monoisotopic (exact) mass is 312 g/mol. The second-order valence-electron chi connectivity index (χ2n) is 7.25. The molecule has 0 spiro atoms. The Kier molecular flexibility index (Phi) is 3.45. The van der Waals surface area contributed by atoms with Gasteiger partial charge in [0.15, 0.2) is 0 Å². The second-order valence-corrected chi connectivity index (χ2v) is 7.25. The van der Waals surface area contributed by atoms with Crippen LogP contribution in [0.2, 0.25) is 0 Å². The van der Waals surface area contributed by atoms with Gasteiger partial charge in [0.2, 0.25) is 0 Å². The summed E-state index contributed by atoms with van der Waals surface area (Å²) in [5.74, 6) is 0.345. The summed E-state index contributed by atoms with van der Waals surface area (Å²) in [4.78, 5) is 14.8. The average Bonchev–Trinajstić information content (AvgIpc) is 2.94. The molecule has 2 aromatic rings.